The molecule has 0 unspecified atom stereocenters. The largest absolute Gasteiger partial charge is 0.497 e. The van der Waals surface area contributed by atoms with E-state index in [1.54, 1.807) is 14.2 Å². The summed E-state index contributed by atoms with van der Waals surface area (Å²) in [5, 5.41) is 2.57. The Bertz CT molecular complexity index is 339. The Balaban J connectivity index is 2.28. The highest BCUT2D eigenvalue weighted by Crippen LogP contribution is 2.18. The molecule has 0 aliphatic rings. The molecule has 0 bridgehead atoms. The molecule has 0 heterocycles. The summed E-state index contributed by atoms with van der Waals surface area (Å²) in [5.74, 6) is 1.56. The van der Waals surface area contributed by atoms with Gasteiger partial charge in [0.15, 0.2) is 0 Å². The molecule has 1 rings (SSSR count). The quantitative estimate of drug-likeness (QED) is 0.745. The van der Waals surface area contributed by atoms with E-state index in [9.17, 15) is 4.79 Å². The third-order valence-electron chi connectivity index (χ3n) is 2.14. The van der Waals surface area contributed by atoms with Crippen LogP contribution in [0.25, 0.3) is 0 Å². The molecule has 1 aromatic carbocycles. The summed E-state index contributed by atoms with van der Waals surface area (Å²) in [6.07, 6.45) is 1.19. The van der Waals surface area contributed by atoms with Crippen LogP contribution in [0.2, 0.25) is 0 Å². The van der Waals surface area contributed by atoms with E-state index in [-0.39, 0.29) is 5.91 Å². The number of carbonyl (C=O) groups excluding carboxylic acids is 1. The summed E-state index contributed by atoms with van der Waals surface area (Å²) in [6.45, 7) is 0.528. The maximum absolute atomic E-state index is 10.9. The lowest BCUT2D eigenvalue weighted by atomic mass is 10.3. The Kier molecular flexibility index (Phi) is 5.19. The zero-order valence-corrected chi connectivity index (χ0v) is 9.66. The number of carbonyl (C=O) groups is 1. The van der Waals surface area contributed by atoms with Gasteiger partial charge in [0.05, 0.1) is 13.7 Å². The van der Waals surface area contributed by atoms with Crippen LogP contribution in [0.4, 0.5) is 0 Å². The van der Waals surface area contributed by atoms with Crippen molar-refractivity contribution in [1.82, 2.24) is 5.32 Å². The van der Waals surface area contributed by atoms with Crippen LogP contribution in [-0.2, 0) is 4.79 Å². The van der Waals surface area contributed by atoms with Crippen molar-refractivity contribution >= 4 is 5.91 Å². The topological polar surface area (TPSA) is 47.6 Å². The molecule has 0 fully saturated rings. The van der Waals surface area contributed by atoms with E-state index in [1.807, 2.05) is 24.3 Å². The van der Waals surface area contributed by atoms with E-state index < -0.39 is 0 Å². The first-order valence-corrected chi connectivity index (χ1v) is 5.23. The van der Waals surface area contributed by atoms with Crippen molar-refractivity contribution in [2.75, 3.05) is 20.8 Å². The van der Waals surface area contributed by atoms with E-state index >= 15 is 0 Å². The number of amides is 1. The van der Waals surface area contributed by atoms with E-state index in [4.69, 9.17) is 9.47 Å². The van der Waals surface area contributed by atoms with E-state index in [0.717, 1.165) is 11.5 Å². The van der Waals surface area contributed by atoms with Crippen molar-refractivity contribution in [3.63, 3.8) is 0 Å². The number of hydrogen-bond acceptors (Lipinski definition) is 3. The summed E-state index contributed by atoms with van der Waals surface area (Å²) in [5.41, 5.74) is 0. The zero-order valence-electron chi connectivity index (χ0n) is 9.66. The summed E-state index contributed by atoms with van der Waals surface area (Å²) in [7, 11) is 3.25. The minimum atomic E-state index is 0.0363. The van der Waals surface area contributed by atoms with Crippen LogP contribution in [0.1, 0.15) is 12.8 Å². The van der Waals surface area contributed by atoms with Gasteiger partial charge in [-0.15, -0.1) is 0 Å². The molecular weight excluding hydrogens is 206 g/mol. The van der Waals surface area contributed by atoms with Crippen LogP contribution < -0.4 is 14.8 Å². The number of nitrogens with one attached hydrogen (secondary N) is 1. The van der Waals surface area contributed by atoms with Gasteiger partial charge < -0.3 is 14.8 Å². The standard InChI is InChI=1S/C12H17NO3/c1-13-12(14)7-4-8-16-11-6-3-5-10(9-11)15-2/h3,5-6,9H,4,7-8H2,1-2H3,(H,13,14). The van der Waals surface area contributed by atoms with Gasteiger partial charge in [0, 0.05) is 19.5 Å². The van der Waals surface area contributed by atoms with Gasteiger partial charge in [0.1, 0.15) is 11.5 Å². The van der Waals surface area contributed by atoms with Crippen molar-refractivity contribution in [2.45, 2.75) is 12.8 Å². The molecule has 0 saturated heterocycles. The maximum atomic E-state index is 10.9. The maximum Gasteiger partial charge on any atom is 0.219 e. The van der Waals surface area contributed by atoms with Gasteiger partial charge in [-0.05, 0) is 18.6 Å². The lowest BCUT2D eigenvalue weighted by Crippen LogP contribution is -2.18. The van der Waals surface area contributed by atoms with Gasteiger partial charge in [0.2, 0.25) is 5.91 Å². The molecule has 16 heavy (non-hydrogen) atoms. The second-order valence-corrected chi connectivity index (χ2v) is 3.30. The molecule has 4 nitrogen and oxygen atoms in total. The Morgan fingerprint density at radius 2 is 2.12 bits per heavy atom. The summed E-state index contributed by atoms with van der Waals surface area (Å²) in [4.78, 5) is 10.9. The first-order chi connectivity index (χ1) is 7.76. The first kappa shape index (κ1) is 12.4. The van der Waals surface area contributed by atoms with Crippen LogP contribution in [-0.4, -0.2) is 26.7 Å². The monoisotopic (exact) mass is 223 g/mol. The van der Waals surface area contributed by atoms with Gasteiger partial charge in [-0.25, -0.2) is 0 Å². The minimum absolute atomic E-state index is 0.0363. The molecule has 0 radical (unpaired) electrons. The number of benzene rings is 1. The molecule has 0 aliphatic carbocycles. The molecule has 0 atom stereocenters. The predicted octanol–water partition coefficient (Wildman–Crippen LogP) is 1.60. The van der Waals surface area contributed by atoms with Crippen LogP contribution in [0, 0.1) is 0 Å². The third kappa shape index (κ3) is 4.21. The molecule has 1 aromatic rings. The molecule has 0 aromatic heterocycles. The van der Waals surface area contributed by atoms with E-state index in [2.05, 4.69) is 5.32 Å². The van der Waals surface area contributed by atoms with Crippen molar-refractivity contribution in [3.05, 3.63) is 24.3 Å². The number of rotatable bonds is 6. The molecular formula is C12H17NO3. The predicted molar refractivity (Wildman–Crippen MR) is 61.8 cm³/mol. The van der Waals surface area contributed by atoms with Crippen molar-refractivity contribution in [2.24, 2.45) is 0 Å². The summed E-state index contributed by atoms with van der Waals surface area (Å²) < 4.78 is 10.6. The van der Waals surface area contributed by atoms with E-state index in [1.165, 1.54) is 0 Å². The number of ether oxygens (including phenoxy) is 2. The zero-order chi connectivity index (χ0) is 11.8. The van der Waals surface area contributed by atoms with Gasteiger partial charge >= 0.3 is 0 Å². The minimum Gasteiger partial charge on any atom is -0.497 e. The molecule has 1 N–H and O–H groups in total. The number of methoxy groups -OCH3 is 1. The van der Waals surface area contributed by atoms with Gasteiger partial charge in [-0.2, -0.15) is 0 Å². The molecule has 0 saturated carbocycles. The second kappa shape index (κ2) is 6.71. The molecule has 4 heteroatoms. The Morgan fingerprint density at radius 3 is 2.81 bits per heavy atom. The van der Waals surface area contributed by atoms with Gasteiger partial charge in [-0.1, -0.05) is 6.07 Å². The Hall–Kier alpha value is -1.71. The number of hydrogen-bond donors (Lipinski definition) is 1. The fourth-order valence-corrected chi connectivity index (χ4v) is 1.24. The van der Waals surface area contributed by atoms with Crippen LogP contribution >= 0.6 is 0 Å². The molecule has 88 valence electrons. The van der Waals surface area contributed by atoms with Crippen molar-refractivity contribution < 1.29 is 14.3 Å². The highest BCUT2D eigenvalue weighted by atomic mass is 16.5. The molecule has 1 amide bonds. The summed E-state index contributed by atoms with van der Waals surface area (Å²) >= 11 is 0. The van der Waals surface area contributed by atoms with Crippen LogP contribution in [0.5, 0.6) is 11.5 Å². The fraction of sp³-hybridized carbons (Fsp3) is 0.417. The Morgan fingerprint density at radius 1 is 1.38 bits per heavy atom. The van der Waals surface area contributed by atoms with Gasteiger partial charge in [-0.3, -0.25) is 4.79 Å². The van der Waals surface area contributed by atoms with E-state index in [0.29, 0.717) is 19.4 Å². The SMILES string of the molecule is CNC(=O)CCCOc1cccc(OC)c1. The molecule has 0 aliphatic heterocycles. The highest BCUT2D eigenvalue weighted by molar-refractivity contribution is 5.75. The normalized spacial score (nSPS) is 9.62. The summed E-state index contributed by atoms with van der Waals surface area (Å²) in [6, 6.07) is 7.41. The first-order valence-electron chi connectivity index (χ1n) is 5.23. The lowest BCUT2D eigenvalue weighted by molar-refractivity contribution is -0.120. The van der Waals surface area contributed by atoms with Gasteiger partial charge in [0.25, 0.3) is 0 Å². The van der Waals surface area contributed by atoms with Crippen molar-refractivity contribution in [1.29, 1.82) is 0 Å². The highest BCUT2D eigenvalue weighted by Gasteiger charge is 1.99. The van der Waals surface area contributed by atoms with Crippen molar-refractivity contribution in [3.8, 4) is 11.5 Å². The molecule has 0 spiro atoms. The Labute approximate surface area is 95.6 Å². The average molecular weight is 223 g/mol. The van der Waals surface area contributed by atoms with Crippen LogP contribution in [0.3, 0.4) is 0 Å². The smallest absolute Gasteiger partial charge is 0.219 e. The lowest BCUT2D eigenvalue weighted by Gasteiger charge is -2.07. The fourth-order valence-electron chi connectivity index (χ4n) is 1.24. The third-order valence-corrected chi connectivity index (χ3v) is 2.14. The van der Waals surface area contributed by atoms with Crippen LogP contribution in [0.15, 0.2) is 24.3 Å². The second-order valence-electron chi connectivity index (χ2n) is 3.30. The average Bonchev–Trinajstić information content (AvgIpc) is 2.34.